The van der Waals surface area contributed by atoms with E-state index in [-0.39, 0.29) is 18.2 Å². The van der Waals surface area contributed by atoms with Crippen LogP contribution in [0.25, 0.3) is 0 Å². The van der Waals surface area contributed by atoms with Crippen molar-refractivity contribution in [3.8, 4) is 17.2 Å². The van der Waals surface area contributed by atoms with Crippen molar-refractivity contribution in [2.75, 3.05) is 12.0 Å². The number of nitrogens with zero attached hydrogens (tertiary/aromatic N) is 3. The third-order valence-corrected chi connectivity index (χ3v) is 6.89. The van der Waals surface area contributed by atoms with Gasteiger partial charge in [-0.05, 0) is 85.5 Å². The normalized spacial score (nSPS) is 16.9. The van der Waals surface area contributed by atoms with Crippen molar-refractivity contribution in [2.24, 2.45) is 0 Å². The molecule has 7 nitrogen and oxygen atoms in total. The van der Waals surface area contributed by atoms with E-state index in [1.807, 2.05) is 73.2 Å². The van der Waals surface area contributed by atoms with Crippen LogP contribution in [-0.2, 0) is 11.3 Å². The lowest BCUT2D eigenvalue weighted by atomic mass is 9.96. The highest BCUT2D eigenvalue weighted by Gasteiger charge is 2.43. The summed E-state index contributed by atoms with van der Waals surface area (Å²) in [6.45, 7) is 0.931. The smallest absolute Gasteiger partial charge is 0.415 e. The molecule has 0 radical (unpaired) electrons. The molecule has 38 heavy (non-hydrogen) atoms. The van der Waals surface area contributed by atoms with Gasteiger partial charge in [-0.15, -0.1) is 0 Å². The molecular formula is C30H30ClN3O4. The van der Waals surface area contributed by atoms with Crippen LogP contribution in [-0.4, -0.2) is 28.9 Å². The fraction of sp³-hybridized carbons (Fsp3) is 0.267. The minimum absolute atomic E-state index is 0.269. The number of rotatable bonds is 11. The number of methoxy groups -OCH3 is 1. The van der Waals surface area contributed by atoms with Crippen molar-refractivity contribution < 1.29 is 19.0 Å². The second-order valence-corrected chi connectivity index (χ2v) is 9.65. The van der Waals surface area contributed by atoms with Crippen molar-refractivity contribution in [2.45, 2.75) is 44.4 Å². The predicted octanol–water partition coefficient (Wildman–Crippen LogP) is 7.66. The lowest BCUT2D eigenvalue weighted by molar-refractivity contribution is 0.124. The SMILES string of the molecule is COc1cccc([C@H]2[C@H](CCCCCn3ccnc3)OC(=O)N2c2ccc(Oc3ccc(Cl)cc3)cc2)c1. The van der Waals surface area contributed by atoms with Crippen LogP contribution < -0.4 is 14.4 Å². The van der Waals surface area contributed by atoms with Gasteiger partial charge in [-0.3, -0.25) is 4.90 Å². The molecule has 0 spiro atoms. The summed E-state index contributed by atoms with van der Waals surface area (Å²) >= 11 is 5.97. The number of carbonyl (C=O) groups is 1. The Morgan fingerprint density at radius 3 is 2.42 bits per heavy atom. The van der Waals surface area contributed by atoms with E-state index in [2.05, 4.69) is 9.55 Å². The zero-order chi connectivity index (χ0) is 26.3. The fourth-order valence-electron chi connectivity index (χ4n) is 4.75. The zero-order valence-corrected chi connectivity index (χ0v) is 22.0. The molecule has 0 aliphatic carbocycles. The van der Waals surface area contributed by atoms with Crippen LogP contribution in [0.3, 0.4) is 0 Å². The minimum Gasteiger partial charge on any atom is -0.497 e. The Morgan fingerprint density at radius 2 is 1.71 bits per heavy atom. The van der Waals surface area contributed by atoms with E-state index in [9.17, 15) is 4.79 Å². The molecule has 0 saturated carbocycles. The summed E-state index contributed by atoms with van der Waals surface area (Å²) in [6, 6.07) is 22.2. The number of unbranched alkanes of at least 4 members (excludes halogenated alkanes) is 2. The number of amides is 1. The molecule has 1 aliphatic rings. The molecule has 8 heteroatoms. The Morgan fingerprint density at radius 1 is 0.947 bits per heavy atom. The largest absolute Gasteiger partial charge is 0.497 e. The van der Waals surface area contributed by atoms with E-state index in [1.54, 1.807) is 30.3 Å². The van der Waals surface area contributed by atoms with E-state index in [0.717, 1.165) is 49.2 Å². The van der Waals surface area contributed by atoms with Crippen LogP contribution in [0.1, 0.15) is 37.3 Å². The van der Waals surface area contributed by atoms with Crippen molar-refractivity contribution in [3.63, 3.8) is 0 Å². The predicted molar refractivity (Wildman–Crippen MR) is 147 cm³/mol. The van der Waals surface area contributed by atoms with Gasteiger partial charge in [0.1, 0.15) is 29.4 Å². The second-order valence-electron chi connectivity index (χ2n) is 9.21. The Bertz CT molecular complexity index is 1330. The van der Waals surface area contributed by atoms with Gasteiger partial charge in [0.25, 0.3) is 0 Å². The summed E-state index contributed by atoms with van der Waals surface area (Å²) in [6.07, 6.45) is 8.78. The monoisotopic (exact) mass is 531 g/mol. The fourth-order valence-corrected chi connectivity index (χ4v) is 4.88. The number of aromatic nitrogens is 2. The molecular weight excluding hydrogens is 502 g/mol. The van der Waals surface area contributed by atoms with E-state index in [1.165, 1.54) is 0 Å². The first kappa shape index (κ1) is 25.7. The van der Waals surface area contributed by atoms with Gasteiger partial charge < -0.3 is 18.8 Å². The Kier molecular flexibility index (Phi) is 8.14. The maximum Gasteiger partial charge on any atom is 0.415 e. The Balaban J connectivity index is 1.31. The summed E-state index contributed by atoms with van der Waals surface area (Å²) in [5.74, 6) is 2.09. The number of hydrogen-bond donors (Lipinski definition) is 0. The van der Waals surface area contributed by atoms with Crippen LogP contribution in [0.5, 0.6) is 17.2 Å². The van der Waals surface area contributed by atoms with Crippen LogP contribution in [0.4, 0.5) is 10.5 Å². The number of imidazole rings is 1. The standard InChI is InChI=1S/C30H30ClN3O4/c1-36-27-7-5-6-22(20-27)29-28(8-3-2-4-18-33-19-17-32-21-33)38-30(35)34(29)24-11-15-26(16-12-24)37-25-13-9-23(31)10-14-25/h5-7,9-17,19-21,28-29H,2-4,8,18H2,1H3/t28-,29-/m0/s1. The highest BCUT2D eigenvalue weighted by atomic mass is 35.5. The second kappa shape index (κ2) is 12.0. The topological polar surface area (TPSA) is 65.8 Å². The van der Waals surface area contributed by atoms with E-state index in [0.29, 0.717) is 16.5 Å². The summed E-state index contributed by atoms with van der Waals surface area (Å²) in [4.78, 5) is 19.0. The average molecular weight is 532 g/mol. The van der Waals surface area contributed by atoms with Gasteiger partial charge in [0, 0.05) is 29.6 Å². The lowest BCUT2D eigenvalue weighted by Crippen LogP contribution is -2.29. The van der Waals surface area contributed by atoms with Gasteiger partial charge in [-0.25, -0.2) is 9.78 Å². The average Bonchev–Trinajstić information content (AvgIpc) is 3.58. The number of ether oxygens (including phenoxy) is 3. The summed E-state index contributed by atoms with van der Waals surface area (Å²) in [5.41, 5.74) is 1.72. The molecule has 1 fully saturated rings. The van der Waals surface area contributed by atoms with Gasteiger partial charge in [0.15, 0.2) is 0 Å². The summed E-state index contributed by atoms with van der Waals surface area (Å²) < 4.78 is 19.4. The molecule has 5 rings (SSSR count). The Hall–Kier alpha value is -3.97. The van der Waals surface area contributed by atoms with Crippen LogP contribution in [0.15, 0.2) is 91.5 Å². The van der Waals surface area contributed by atoms with Gasteiger partial charge in [0.05, 0.1) is 13.4 Å². The summed E-state index contributed by atoms with van der Waals surface area (Å²) in [5, 5.41) is 0.650. The van der Waals surface area contributed by atoms with Crippen molar-refractivity contribution in [3.05, 3.63) is 102 Å². The molecule has 0 N–H and O–H groups in total. The summed E-state index contributed by atoms with van der Waals surface area (Å²) in [7, 11) is 1.64. The number of halogens is 1. The van der Waals surface area contributed by atoms with Crippen molar-refractivity contribution in [1.82, 2.24) is 9.55 Å². The quantitative estimate of drug-likeness (QED) is 0.186. The number of benzene rings is 3. The van der Waals surface area contributed by atoms with E-state index in [4.69, 9.17) is 25.8 Å². The molecule has 0 bridgehead atoms. The number of anilines is 1. The van der Waals surface area contributed by atoms with Crippen LogP contribution in [0.2, 0.25) is 5.02 Å². The minimum atomic E-state index is -0.354. The molecule has 196 valence electrons. The van der Waals surface area contributed by atoms with Crippen molar-refractivity contribution in [1.29, 1.82) is 0 Å². The molecule has 2 atom stereocenters. The molecule has 1 aromatic heterocycles. The molecule has 1 aliphatic heterocycles. The Labute approximate surface area is 227 Å². The molecule has 2 heterocycles. The van der Waals surface area contributed by atoms with Gasteiger partial charge >= 0.3 is 6.09 Å². The van der Waals surface area contributed by atoms with Crippen LogP contribution in [0, 0.1) is 0 Å². The third-order valence-electron chi connectivity index (χ3n) is 6.64. The molecule has 4 aromatic rings. The molecule has 1 amide bonds. The molecule has 0 unspecified atom stereocenters. The number of carbonyl (C=O) groups excluding carboxylic acids is 1. The van der Waals surface area contributed by atoms with Gasteiger partial charge in [0.2, 0.25) is 0 Å². The zero-order valence-electron chi connectivity index (χ0n) is 21.2. The number of aryl methyl sites for hydroxylation is 1. The van der Waals surface area contributed by atoms with Crippen LogP contribution >= 0.6 is 11.6 Å². The first-order valence-corrected chi connectivity index (χ1v) is 13.1. The van der Waals surface area contributed by atoms with Gasteiger partial charge in [-0.2, -0.15) is 0 Å². The van der Waals surface area contributed by atoms with E-state index >= 15 is 0 Å². The number of cyclic esters (lactones) is 1. The molecule has 3 aromatic carbocycles. The number of hydrogen-bond acceptors (Lipinski definition) is 5. The van der Waals surface area contributed by atoms with Gasteiger partial charge in [-0.1, -0.05) is 30.2 Å². The lowest BCUT2D eigenvalue weighted by Gasteiger charge is -2.25. The maximum absolute atomic E-state index is 13.2. The van der Waals surface area contributed by atoms with Crippen molar-refractivity contribution >= 4 is 23.4 Å². The van der Waals surface area contributed by atoms with E-state index < -0.39 is 0 Å². The highest BCUT2D eigenvalue weighted by Crippen LogP contribution is 2.41. The molecule has 1 saturated heterocycles. The maximum atomic E-state index is 13.2. The first-order chi connectivity index (χ1) is 18.6. The highest BCUT2D eigenvalue weighted by molar-refractivity contribution is 6.30. The first-order valence-electron chi connectivity index (χ1n) is 12.7. The third kappa shape index (κ3) is 6.11.